The maximum Gasteiger partial charge on any atom is 0.217 e. The van der Waals surface area contributed by atoms with Gasteiger partial charge in [0.1, 0.15) is 42.7 Å². The third kappa shape index (κ3) is 7.70. The normalized spacial score (nSPS) is 32.3. The van der Waals surface area contributed by atoms with Crippen LogP contribution in [-0.4, -0.2) is 110 Å². The lowest BCUT2D eigenvalue weighted by Gasteiger charge is -2.40. The maximum atomic E-state index is 11.4. The van der Waals surface area contributed by atoms with E-state index < -0.39 is 74.2 Å². The standard InChI is InChI=1S/C18H35NO10/c1-8(21)19-9(5-18(2,3)4)12(23)13(24)10(22)7-28-17-16(27)15(26)14(25)11(6-20)29-17/h9-17,20,22-27H,5-7H2,1-4H3,(H,19,21)/t9-,10+,11+,12+,13-,14-,15-,16+,17+/m0/s1. The number of carbonyl (C=O) groups excluding carboxylic acids is 1. The van der Waals surface area contributed by atoms with Crippen molar-refractivity contribution in [1.82, 2.24) is 5.32 Å². The van der Waals surface area contributed by atoms with Crippen LogP contribution in [-0.2, 0) is 14.3 Å². The van der Waals surface area contributed by atoms with Crippen molar-refractivity contribution >= 4 is 5.91 Å². The molecule has 1 rings (SSSR count). The summed E-state index contributed by atoms with van der Waals surface area (Å²) in [5.41, 5.74) is -0.286. The van der Waals surface area contributed by atoms with Crippen molar-refractivity contribution in [1.29, 1.82) is 0 Å². The van der Waals surface area contributed by atoms with E-state index in [1.54, 1.807) is 0 Å². The first-order chi connectivity index (χ1) is 13.3. The Labute approximate surface area is 169 Å². The molecule has 0 bridgehead atoms. The lowest BCUT2D eigenvalue weighted by molar-refractivity contribution is -0.306. The number of carbonyl (C=O) groups is 1. The smallest absolute Gasteiger partial charge is 0.217 e. The molecule has 0 aliphatic carbocycles. The van der Waals surface area contributed by atoms with Gasteiger partial charge in [-0.05, 0) is 11.8 Å². The van der Waals surface area contributed by atoms with E-state index in [9.17, 15) is 35.4 Å². The molecule has 29 heavy (non-hydrogen) atoms. The van der Waals surface area contributed by atoms with Gasteiger partial charge in [-0.15, -0.1) is 0 Å². The molecule has 0 radical (unpaired) electrons. The van der Waals surface area contributed by atoms with E-state index in [0.29, 0.717) is 6.42 Å². The van der Waals surface area contributed by atoms with Crippen molar-refractivity contribution in [3.05, 3.63) is 0 Å². The van der Waals surface area contributed by atoms with Crippen LogP contribution in [0.4, 0.5) is 0 Å². The quantitative estimate of drug-likeness (QED) is 0.187. The maximum absolute atomic E-state index is 11.4. The molecule has 0 unspecified atom stereocenters. The van der Waals surface area contributed by atoms with Gasteiger partial charge in [-0.1, -0.05) is 20.8 Å². The van der Waals surface area contributed by atoms with E-state index in [1.807, 2.05) is 20.8 Å². The SMILES string of the molecule is CC(=O)N[C@@H](CC(C)(C)C)[C@@H](O)[C@@H](O)[C@H](O)CO[C@@H]1O[C@H](CO)[C@H](O)[C@H](O)[C@H]1O. The highest BCUT2D eigenvalue weighted by molar-refractivity contribution is 5.73. The van der Waals surface area contributed by atoms with Crippen LogP contribution in [0.2, 0.25) is 0 Å². The topological polar surface area (TPSA) is 189 Å². The van der Waals surface area contributed by atoms with Crippen LogP contribution < -0.4 is 5.32 Å². The third-order valence-corrected chi connectivity index (χ3v) is 4.66. The van der Waals surface area contributed by atoms with Crippen LogP contribution in [0.1, 0.15) is 34.1 Å². The Hall–Kier alpha value is -0.890. The molecule has 1 heterocycles. The first-order valence-electron chi connectivity index (χ1n) is 9.52. The average molecular weight is 425 g/mol. The summed E-state index contributed by atoms with van der Waals surface area (Å²) in [6.45, 7) is 5.70. The van der Waals surface area contributed by atoms with Crippen molar-refractivity contribution in [3.8, 4) is 0 Å². The molecule has 1 fully saturated rings. The molecule has 0 aromatic rings. The fraction of sp³-hybridized carbons (Fsp3) is 0.944. The summed E-state index contributed by atoms with van der Waals surface area (Å²) in [7, 11) is 0. The molecular weight excluding hydrogens is 390 g/mol. The summed E-state index contributed by atoms with van der Waals surface area (Å²) in [5.74, 6) is -0.405. The van der Waals surface area contributed by atoms with Gasteiger partial charge in [-0.25, -0.2) is 0 Å². The van der Waals surface area contributed by atoms with Crippen LogP contribution in [0, 0.1) is 5.41 Å². The predicted molar refractivity (Wildman–Crippen MR) is 99.4 cm³/mol. The fourth-order valence-electron chi connectivity index (χ4n) is 3.14. The Bertz CT molecular complexity index is 511. The average Bonchev–Trinajstić information content (AvgIpc) is 2.62. The van der Waals surface area contributed by atoms with Gasteiger partial charge < -0.3 is 50.5 Å². The van der Waals surface area contributed by atoms with E-state index in [1.165, 1.54) is 6.92 Å². The number of aliphatic hydroxyl groups is 7. The number of ether oxygens (including phenoxy) is 2. The zero-order valence-electron chi connectivity index (χ0n) is 17.2. The van der Waals surface area contributed by atoms with Gasteiger partial charge in [0.25, 0.3) is 0 Å². The summed E-state index contributed by atoms with van der Waals surface area (Å²) >= 11 is 0. The Kier molecular flexibility index (Phi) is 9.86. The number of rotatable bonds is 9. The molecule has 1 aliphatic rings. The fourth-order valence-corrected chi connectivity index (χ4v) is 3.14. The molecule has 0 aromatic carbocycles. The molecular formula is C18H35NO10. The Morgan fingerprint density at radius 1 is 1.07 bits per heavy atom. The zero-order valence-corrected chi connectivity index (χ0v) is 17.2. The molecule has 11 heteroatoms. The van der Waals surface area contributed by atoms with Gasteiger partial charge >= 0.3 is 0 Å². The molecule has 0 saturated carbocycles. The van der Waals surface area contributed by atoms with E-state index in [-0.39, 0.29) is 5.41 Å². The molecule has 0 aromatic heterocycles. The van der Waals surface area contributed by atoms with Crippen LogP contribution in [0.5, 0.6) is 0 Å². The number of hydrogen-bond acceptors (Lipinski definition) is 10. The minimum Gasteiger partial charge on any atom is -0.394 e. The first kappa shape index (κ1) is 26.1. The van der Waals surface area contributed by atoms with Gasteiger partial charge in [0.05, 0.1) is 19.3 Å². The van der Waals surface area contributed by atoms with Gasteiger partial charge in [0.15, 0.2) is 6.29 Å². The van der Waals surface area contributed by atoms with Crippen molar-refractivity contribution in [2.45, 2.75) is 89.2 Å². The molecule has 1 aliphatic heterocycles. The Balaban J connectivity index is 2.71. The Morgan fingerprint density at radius 3 is 2.14 bits per heavy atom. The van der Waals surface area contributed by atoms with Crippen molar-refractivity contribution < 1.29 is 50.0 Å². The summed E-state index contributed by atoms with van der Waals surface area (Å²) in [6, 6.07) is -0.829. The van der Waals surface area contributed by atoms with Crippen molar-refractivity contribution in [2.75, 3.05) is 13.2 Å². The minimum absolute atomic E-state index is 0.286. The van der Waals surface area contributed by atoms with Crippen molar-refractivity contribution in [3.63, 3.8) is 0 Å². The largest absolute Gasteiger partial charge is 0.394 e. The number of aliphatic hydroxyl groups excluding tert-OH is 7. The van der Waals surface area contributed by atoms with E-state index in [4.69, 9.17) is 14.6 Å². The second-order valence-corrected chi connectivity index (χ2v) is 8.65. The number of nitrogens with one attached hydrogen (secondary N) is 1. The van der Waals surface area contributed by atoms with Crippen LogP contribution in [0.15, 0.2) is 0 Å². The van der Waals surface area contributed by atoms with Crippen LogP contribution >= 0.6 is 0 Å². The Morgan fingerprint density at radius 2 is 1.66 bits per heavy atom. The van der Waals surface area contributed by atoms with Crippen molar-refractivity contribution in [2.24, 2.45) is 5.41 Å². The molecule has 172 valence electrons. The molecule has 0 spiro atoms. The summed E-state index contributed by atoms with van der Waals surface area (Å²) < 4.78 is 10.3. The summed E-state index contributed by atoms with van der Waals surface area (Å²) in [4.78, 5) is 11.4. The highest BCUT2D eigenvalue weighted by atomic mass is 16.7. The summed E-state index contributed by atoms with van der Waals surface area (Å²) in [5, 5.41) is 72.0. The zero-order chi connectivity index (χ0) is 22.5. The molecule has 1 saturated heterocycles. The number of hydrogen-bond donors (Lipinski definition) is 8. The first-order valence-corrected chi connectivity index (χ1v) is 9.52. The van der Waals surface area contributed by atoms with E-state index in [0.717, 1.165) is 0 Å². The predicted octanol–water partition coefficient (Wildman–Crippen LogP) is -3.17. The monoisotopic (exact) mass is 425 g/mol. The highest BCUT2D eigenvalue weighted by Gasteiger charge is 2.44. The summed E-state index contributed by atoms with van der Waals surface area (Å²) in [6.07, 6.45) is -12.0. The van der Waals surface area contributed by atoms with Gasteiger partial charge in [0.2, 0.25) is 5.91 Å². The van der Waals surface area contributed by atoms with Gasteiger partial charge in [0, 0.05) is 6.92 Å². The van der Waals surface area contributed by atoms with E-state index in [2.05, 4.69) is 5.32 Å². The second kappa shape index (κ2) is 10.9. The van der Waals surface area contributed by atoms with Gasteiger partial charge in [-0.2, -0.15) is 0 Å². The second-order valence-electron chi connectivity index (χ2n) is 8.65. The molecule has 11 nitrogen and oxygen atoms in total. The highest BCUT2D eigenvalue weighted by Crippen LogP contribution is 2.25. The number of amides is 1. The minimum atomic E-state index is -1.70. The molecule has 1 amide bonds. The molecule has 9 atom stereocenters. The van der Waals surface area contributed by atoms with Crippen LogP contribution in [0.3, 0.4) is 0 Å². The van der Waals surface area contributed by atoms with E-state index >= 15 is 0 Å². The third-order valence-electron chi connectivity index (χ3n) is 4.66. The van der Waals surface area contributed by atoms with Gasteiger partial charge in [-0.3, -0.25) is 4.79 Å². The lowest BCUT2D eigenvalue weighted by atomic mass is 9.84. The lowest BCUT2D eigenvalue weighted by Crippen LogP contribution is -2.60. The molecule has 8 N–H and O–H groups in total. The van der Waals surface area contributed by atoms with Crippen LogP contribution in [0.25, 0.3) is 0 Å².